The lowest BCUT2D eigenvalue weighted by molar-refractivity contribution is -0.134. The Labute approximate surface area is 215 Å². The Kier molecular flexibility index (Phi) is 6.99. The summed E-state index contributed by atoms with van der Waals surface area (Å²) in [6, 6.07) is 3.01. The third-order valence-electron chi connectivity index (χ3n) is 6.69. The molecule has 1 unspecified atom stereocenters. The number of thiazole rings is 1. The van der Waals surface area contributed by atoms with Crippen molar-refractivity contribution in [1.29, 1.82) is 0 Å². The second kappa shape index (κ2) is 10.5. The van der Waals surface area contributed by atoms with Crippen LogP contribution >= 0.6 is 11.3 Å². The van der Waals surface area contributed by atoms with Gasteiger partial charge in [0, 0.05) is 35.7 Å². The predicted molar refractivity (Wildman–Crippen MR) is 137 cm³/mol. The fraction of sp³-hybridized carbons (Fsp3) is 0.360. The number of carboxylic acids is 1. The monoisotopic (exact) mass is 523 g/mol. The minimum atomic E-state index is -1.20. The van der Waals surface area contributed by atoms with Gasteiger partial charge < -0.3 is 14.7 Å². The summed E-state index contributed by atoms with van der Waals surface area (Å²) in [6.07, 6.45) is 7.97. The van der Waals surface area contributed by atoms with Gasteiger partial charge in [0.2, 0.25) is 0 Å². The van der Waals surface area contributed by atoms with Crippen molar-refractivity contribution in [2.75, 3.05) is 23.3 Å². The molecule has 0 bridgehead atoms. The molecule has 0 aromatic carbocycles. The largest absolute Gasteiger partial charge is 0.478 e. The molecule has 3 aromatic rings. The molecule has 2 fully saturated rings. The first-order chi connectivity index (χ1) is 17.9. The van der Waals surface area contributed by atoms with Crippen LogP contribution in [0, 0.1) is 0 Å². The Morgan fingerprint density at radius 3 is 2.78 bits per heavy atom. The maximum absolute atomic E-state index is 13.3. The van der Waals surface area contributed by atoms with Gasteiger partial charge in [0.1, 0.15) is 17.6 Å². The Balaban J connectivity index is 1.48. The number of anilines is 2. The van der Waals surface area contributed by atoms with Crippen molar-refractivity contribution in [3.8, 4) is 0 Å². The first kappa shape index (κ1) is 24.6. The van der Waals surface area contributed by atoms with Crippen LogP contribution in [0.3, 0.4) is 0 Å². The van der Waals surface area contributed by atoms with Crippen LogP contribution in [-0.4, -0.2) is 57.0 Å². The molecule has 1 aliphatic heterocycles. The van der Waals surface area contributed by atoms with E-state index < -0.39 is 11.5 Å². The molecule has 1 atom stereocenters. The Morgan fingerprint density at radius 2 is 2.05 bits per heavy atom. The van der Waals surface area contributed by atoms with E-state index >= 15 is 0 Å². The molecule has 1 saturated carbocycles. The third-order valence-corrected chi connectivity index (χ3v) is 7.47. The van der Waals surface area contributed by atoms with Crippen LogP contribution < -0.4 is 15.8 Å². The summed E-state index contributed by atoms with van der Waals surface area (Å²) in [5.74, 6) is -0.844. The molecule has 1 saturated heterocycles. The van der Waals surface area contributed by atoms with Gasteiger partial charge in [0.05, 0.1) is 17.8 Å². The molecular formula is C25H25N5O6S. The van der Waals surface area contributed by atoms with Crippen molar-refractivity contribution in [2.24, 2.45) is 0 Å². The van der Waals surface area contributed by atoms with E-state index in [1.54, 1.807) is 4.90 Å². The minimum absolute atomic E-state index is 0.0927. The van der Waals surface area contributed by atoms with E-state index in [1.165, 1.54) is 46.6 Å². The highest BCUT2D eigenvalue weighted by Gasteiger charge is 2.26. The van der Waals surface area contributed by atoms with Crippen molar-refractivity contribution in [2.45, 2.75) is 44.1 Å². The summed E-state index contributed by atoms with van der Waals surface area (Å²) in [7, 11) is 0. The van der Waals surface area contributed by atoms with E-state index in [4.69, 9.17) is 9.84 Å². The summed E-state index contributed by atoms with van der Waals surface area (Å²) < 4.78 is 6.39. The Morgan fingerprint density at radius 1 is 1.22 bits per heavy atom. The number of aliphatic carboxylic acids is 1. The van der Waals surface area contributed by atoms with Crippen molar-refractivity contribution in [1.82, 2.24) is 14.4 Å². The molecular weight excluding hydrogens is 498 g/mol. The molecule has 0 radical (unpaired) electrons. The molecule has 192 valence electrons. The molecule has 37 heavy (non-hydrogen) atoms. The van der Waals surface area contributed by atoms with Gasteiger partial charge in [0.15, 0.2) is 5.13 Å². The van der Waals surface area contributed by atoms with Gasteiger partial charge in [-0.2, -0.15) is 0 Å². The maximum atomic E-state index is 13.3. The van der Waals surface area contributed by atoms with E-state index in [0.29, 0.717) is 49.0 Å². The fourth-order valence-corrected chi connectivity index (χ4v) is 5.33. The molecule has 12 heteroatoms. The molecule has 1 amide bonds. The van der Waals surface area contributed by atoms with Crippen molar-refractivity contribution in [3.05, 3.63) is 57.0 Å². The number of carbonyl (C=O) groups excluding carboxylic acids is 2. The van der Waals surface area contributed by atoms with Gasteiger partial charge in [-0.05, 0) is 43.9 Å². The molecule has 5 rings (SSSR count). The number of pyridine rings is 1. The van der Waals surface area contributed by atoms with Crippen LogP contribution in [0.4, 0.5) is 10.9 Å². The average Bonchev–Trinajstić information content (AvgIpc) is 3.29. The Bertz CT molecular complexity index is 1440. The molecule has 2 N–H and O–H groups in total. The number of fused-ring (bicyclic) bond motifs is 1. The van der Waals surface area contributed by atoms with E-state index in [2.05, 4.69) is 15.3 Å². The summed E-state index contributed by atoms with van der Waals surface area (Å²) in [4.78, 5) is 59.3. The second-order valence-electron chi connectivity index (χ2n) is 9.07. The fourth-order valence-electron chi connectivity index (χ4n) is 4.55. The normalized spacial score (nSPS) is 18.1. The number of piperidine rings is 1. The van der Waals surface area contributed by atoms with Crippen molar-refractivity contribution < 1.29 is 24.2 Å². The smallest absolute Gasteiger partial charge is 0.328 e. The number of nitrogens with one attached hydrogen (secondary N) is 1. The minimum Gasteiger partial charge on any atom is -0.478 e. The van der Waals surface area contributed by atoms with E-state index in [9.17, 15) is 19.2 Å². The van der Waals surface area contributed by atoms with Gasteiger partial charge >= 0.3 is 5.97 Å². The summed E-state index contributed by atoms with van der Waals surface area (Å²) in [5, 5.41) is 14.4. The van der Waals surface area contributed by atoms with Crippen LogP contribution in [0.5, 0.6) is 0 Å². The van der Waals surface area contributed by atoms with Crippen LogP contribution in [0.25, 0.3) is 11.7 Å². The zero-order chi connectivity index (χ0) is 25.9. The number of nitrogens with zero attached hydrogens (tertiary/aromatic N) is 4. The first-order valence-corrected chi connectivity index (χ1v) is 12.9. The summed E-state index contributed by atoms with van der Waals surface area (Å²) in [6.45, 7) is 1.25. The summed E-state index contributed by atoms with van der Waals surface area (Å²) >= 11 is 1.38. The van der Waals surface area contributed by atoms with Gasteiger partial charge in [-0.3, -0.25) is 24.1 Å². The summed E-state index contributed by atoms with van der Waals surface area (Å²) in [5.41, 5.74) is 1.15. The van der Waals surface area contributed by atoms with E-state index in [1.807, 2.05) is 5.38 Å². The Hall–Kier alpha value is -4.06. The van der Waals surface area contributed by atoms with Crippen molar-refractivity contribution in [3.63, 3.8) is 0 Å². The van der Waals surface area contributed by atoms with Gasteiger partial charge in [-0.25, -0.2) is 14.8 Å². The number of carbonyl (C=O) groups is 3. The zero-order valence-corrected chi connectivity index (χ0v) is 20.6. The molecule has 2 aliphatic rings. The van der Waals surface area contributed by atoms with Gasteiger partial charge in [-0.1, -0.05) is 6.42 Å². The molecule has 11 nitrogen and oxygen atoms in total. The highest BCUT2D eigenvalue weighted by molar-refractivity contribution is 7.14. The molecule has 1 aliphatic carbocycles. The lowest BCUT2D eigenvalue weighted by Gasteiger charge is -2.33. The standard InChI is InChI=1S/C25H25N5O6S/c31-14-36-17-5-2-9-29(12-17)22-18(6-7-21(32)33)24(35)30-10-8-16(11-20(30)27-22)23(34)28-25-26-19(13-37-25)15-3-1-4-15/h6-8,10-11,13-15,17H,1-5,9,12H2,(H,32,33)(H,26,28,34). The lowest BCUT2D eigenvalue weighted by atomic mass is 9.83. The number of amides is 1. The van der Waals surface area contributed by atoms with Crippen LogP contribution in [0.15, 0.2) is 34.6 Å². The topological polar surface area (TPSA) is 143 Å². The highest BCUT2D eigenvalue weighted by atomic mass is 32.1. The molecule has 0 spiro atoms. The second-order valence-corrected chi connectivity index (χ2v) is 9.93. The number of hydrogen-bond donors (Lipinski definition) is 2. The van der Waals surface area contributed by atoms with Crippen LogP contribution in [0.1, 0.15) is 59.6 Å². The van der Waals surface area contributed by atoms with Gasteiger partial charge in [0.25, 0.3) is 17.9 Å². The zero-order valence-electron chi connectivity index (χ0n) is 19.8. The number of carboxylic acid groups (broad SMARTS) is 1. The van der Waals surface area contributed by atoms with Crippen LogP contribution in [-0.2, 0) is 14.3 Å². The van der Waals surface area contributed by atoms with E-state index in [0.717, 1.165) is 24.6 Å². The number of hydrogen-bond acceptors (Lipinski definition) is 9. The van der Waals surface area contributed by atoms with E-state index in [-0.39, 0.29) is 29.0 Å². The molecule has 3 aromatic heterocycles. The molecule has 4 heterocycles. The number of rotatable bonds is 8. The SMILES string of the molecule is O=COC1CCCN(c2nc3cc(C(=O)Nc4nc(C5CCC5)cs4)ccn3c(=O)c2C=CC(=O)O)C1. The van der Waals surface area contributed by atoms with Crippen molar-refractivity contribution >= 4 is 52.4 Å². The number of ether oxygens (including phenoxy) is 1. The highest BCUT2D eigenvalue weighted by Crippen LogP contribution is 2.37. The average molecular weight is 524 g/mol. The third kappa shape index (κ3) is 5.24. The van der Waals surface area contributed by atoms with Gasteiger partial charge in [-0.15, -0.1) is 11.3 Å². The lowest BCUT2D eigenvalue weighted by Crippen LogP contribution is -2.41. The number of aromatic nitrogens is 3. The first-order valence-electron chi connectivity index (χ1n) is 12.0. The maximum Gasteiger partial charge on any atom is 0.328 e. The van der Waals surface area contributed by atoms with Crippen LogP contribution in [0.2, 0.25) is 0 Å². The predicted octanol–water partition coefficient (Wildman–Crippen LogP) is 2.91. The quantitative estimate of drug-likeness (QED) is 0.336.